The van der Waals surface area contributed by atoms with Crippen molar-refractivity contribution < 1.29 is 14.3 Å². The molecule has 2 unspecified atom stereocenters. The molecule has 8 nitrogen and oxygen atoms in total. The van der Waals surface area contributed by atoms with Crippen molar-refractivity contribution in [2.24, 2.45) is 5.92 Å². The summed E-state index contributed by atoms with van der Waals surface area (Å²) in [6.45, 7) is 1.50. The summed E-state index contributed by atoms with van der Waals surface area (Å²) in [5.41, 5.74) is 1.79. The second kappa shape index (κ2) is 7.71. The maximum absolute atomic E-state index is 11.5. The Balaban J connectivity index is 1.50. The van der Waals surface area contributed by atoms with Gasteiger partial charge in [0, 0.05) is 19.1 Å². The number of rotatable bonds is 6. The van der Waals surface area contributed by atoms with Gasteiger partial charge in [-0.2, -0.15) is 5.10 Å². The molecule has 1 aliphatic heterocycles. The summed E-state index contributed by atoms with van der Waals surface area (Å²) in [6, 6.07) is 10.3. The molecule has 0 saturated carbocycles. The molecule has 4 rings (SSSR count). The van der Waals surface area contributed by atoms with Crippen LogP contribution in [-0.2, 0) is 20.8 Å². The van der Waals surface area contributed by atoms with Crippen molar-refractivity contribution in [3.05, 3.63) is 48.4 Å². The number of esters is 1. The number of anilines is 1. The van der Waals surface area contributed by atoms with E-state index in [1.807, 2.05) is 18.2 Å². The van der Waals surface area contributed by atoms with Crippen molar-refractivity contribution in [3.8, 4) is 0 Å². The molecule has 0 spiro atoms. The third kappa shape index (κ3) is 3.61. The second-order valence-electron chi connectivity index (χ2n) is 6.47. The zero-order valence-electron chi connectivity index (χ0n) is 15.0. The van der Waals surface area contributed by atoms with E-state index in [1.54, 1.807) is 6.20 Å². The first-order chi connectivity index (χ1) is 13.3. The molecule has 0 amide bonds. The lowest BCUT2D eigenvalue weighted by Gasteiger charge is -2.19. The Hall–Kier alpha value is -3.00. The molecule has 3 aromatic rings. The smallest absolute Gasteiger partial charge is 0.327 e. The normalized spacial score (nSPS) is 19.3. The van der Waals surface area contributed by atoms with Crippen LogP contribution in [0.3, 0.4) is 0 Å². The minimum atomic E-state index is -0.373. The number of aromatic nitrogens is 4. The molecule has 0 aliphatic carbocycles. The van der Waals surface area contributed by atoms with Gasteiger partial charge in [-0.15, -0.1) is 0 Å². The molecule has 1 saturated heterocycles. The van der Waals surface area contributed by atoms with Gasteiger partial charge in [0.2, 0.25) is 0 Å². The van der Waals surface area contributed by atoms with Crippen molar-refractivity contribution in [2.75, 3.05) is 25.6 Å². The fraction of sp³-hybridized carbons (Fsp3) is 0.368. The third-order valence-corrected chi connectivity index (χ3v) is 4.81. The van der Waals surface area contributed by atoms with Crippen LogP contribution >= 0.6 is 0 Å². The van der Waals surface area contributed by atoms with E-state index in [2.05, 4.69) is 32.5 Å². The van der Waals surface area contributed by atoms with E-state index in [0.29, 0.717) is 17.4 Å². The summed E-state index contributed by atoms with van der Waals surface area (Å²) in [7, 11) is 1.35. The predicted octanol–water partition coefficient (Wildman–Crippen LogP) is 2.19. The number of methoxy groups -OCH3 is 1. The highest BCUT2D eigenvalue weighted by Crippen LogP contribution is 2.34. The highest BCUT2D eigenvalue weighted by molar-refractivity contribution is 5.86. The topological polar surface area (TPSA) is 91.2 Å². The predicted molar refractivity (Wildman–Crippen MR) is 99.1 cm³/mol. The molecule has 2 aromatic heterocycles. The molecule has 8 heteroatoms. The largest absolute Gasteiger partial charge is 0.468 e. The Bertz CT molecular complexity index is 927. The number of nitrogens with one attached hydrogen (secondary N) is 1. The lowest BCUT2D eigenvalue weighted by Crippen LogP contribution is -2.18. The van der Waals surface area contributed by atoms with Gasteiger partial charge >= 0.3 is 5.97 Å². The maximum atomic E-state index is 11.5. The van der Waals surface area contributed by atoms with Crippen LogP contribution in [0.15, 0.2) is 42.9 Å². The molecule has 1 fully saturated rings. The van der Waals surface area contributed by atoms with E-state index < -0.39 is 0 Å². The van der Waals surface area contributed by atoms with Crippen molar-refractivity contribution >= 4 is 22.8 Å². The summed E-state index contributed by atoms with van der Waals surface area (Å²) < 4.78 is 12.2. The van der Waals surface area contributed by atoms with Crippen LogP contribution < -0.4 is 5.32 Å². The Morgan fingerprint density at radius 3 is 3.00 bits per heavy atom. The monoisotopic (exact) mass is 367 g/mol. The first-order valence-electron chi connectivity index (χ1n) is 8.90. The van der Waals surface area contributed by atoms with Crippen LogP contribution in [-0.4, -0.2) is 46.0 Å². The SMILES string of the molecule is COC(=O)Cn1ncc2c(NCC3CCOC3c3ccccc3)ncnc21. The zero-order valence-corrected chi connectivity index (χ0v) is 15.0. The van der Waals surface area contributed by atoms with E-state index >= 15 is 0 Å². The number of benzene rings is 1. The van der Waals surface area contributed by atoms with E-state index in [0.717, 1.165) is 25.0 Å². The van der Waals surface area contributed by atoms with Crippen LogP contribution in [0.25, 0.3) is 11.0 Å². The maximum Gasteiger partial charge on any atom is 0.327 e. The number of ether oxygens (including phenoxy) is 2. The van der Waals surface area contributed by atoms with Gasteiger partial charge in [0.15, 0.2) is 5.65 Å². The van der Waals surface area contributed by atoms with E-state index in [4.69, 9.17) is 9.47 Å². The van der Waals surface area contributed by atoms with Crippen LogP contribution in [0.5, 0.6) is 0 Å². The van der Waals surface area contributed by atoms with E-state index in [1.165, 1.54) is 23.7 Å². The van der Waals surface area contributed by atoms with Gasteiger partial charge in [0.1, 0.15) is 18.7 Å². The Labute approximate surface area is 156 Å². The highest BCUT2D eigenvalue weighted by Gasteiger charge is 2.29. The Morgan fingerprint density at radius 2 is 2.19 bits per heavy atom. The van der Waals surface area contributed by atoms with Crippen LogP contribution in [0, 0.1) is 5.92 Å². The molecule has 1 aliphatic rings. The number of hydrogen-bond donors (Lipinski definition) is 1. The number of fused-ring (bicyclic) bond motifs is 1. The molecule has 2 atom stereocenters. The van der Waals surface area contributed by atoms with E-state index in [-0.39, 0.29) is 18.6 Å². The quantitative estimate of drug-likeness (QED) is 0.668. The number of nitrogens with zero attached hydrogens (tertiary/aromatic N) is 4. The summed E-state index contributed by atoms with van der Waals surface area (Å²) >= 11 is 0. The summed E-state index contributed by atoms with van der Waals surface area (Å²) in [6.07, 6.45) is 4.21. The highest BCUT2D eigenvalue weighted by atomic mass is 16.5. The first kappa shape index (κ1) is 17.4. The van der Waals surface area contributed by atoms with Crippen LogP contribution in [0.1, 0.15) is 18.1 Å². The molecule has 3 heterocycles. The molecule has 27 heavy (non-hydrogen) atoms. The molecule has 1 aromatic carbocycles. The van der Waals surface area contributed by atoms with Gasteiger partial charge in [0.25, 0.3) is 0 Å². The minimum Gasteiger partial charge on any atom is -0.468 e. The molecule has 140 valence electrons. The van der Waals surface area contributed by atoms with Crippen molar-refractivity contribution in [1.82, 2.24) is 19.7 Å². The molecular formula is C19H21N5O3. The average Bonchev–Trinajstić information content (AvgIpc) is 3.34. The fourth-order valence-electron chi connectivity index (χ4n) is 3.42. The minimum absolute atomic E-state index is 0.0169. The molecule has 0 bridgehead atoms. The van der Waals surface area contributed by atoms with Gasteiger partial charge in [-0.1, -0.05) is 30.3 Å². The second-order valence-corrected chi connectivity index (χ2v) is 6.47. The van der Waals surface area contributed by atoms with E-state index in [9.17, 15) is 4.79 Å². The fourth-order valence-corrected chi connectivity index (χ4v) is 3.42. The van der Waals surface area contributed by atoms with Gasteiger partial charge in [-0.3, -0.25) is 4.79 Å². The molecular weight excluding hydrogens is 346 g/mol. The van der Waals surface area contributed by atoms with Gasteiger partial charge in [0.05, 0.1) is 24.8 Å². The molecule has 0 radical (unpaired) electrons. The Morgan fingerprint density at radius 1 is 1.33 bits per heavy atom. The van der Waals surface area contributed by atoms with Gasteiger partial charge in [-0.05, 0) is 12.0 Å². The average molecular weight is 367 g/mol. The van der Waals surface area contributed by atoms with Crippen molar-refractivity contribution in [1.29, 1.82) is 0 Å². The van der Waals surface area contributed by atoms with Crippen molar-refractivity contribution in [2.45, 2.75) is 19.1 Å². The number of carbonyl (C=O) groups is 1. The summed E-state index contributed by atoms with van der Waals surface area (Å²) in [5, 5.41) is 8.42. The number of carbonyl (C=O) groups excluding carboxylic acids is 1. The third-order valence-electron chi connectivity index (χ3n) is 4.81. The lowest BCUT2D eigenvalue weighted by molar-refractivity contribution is -0.141. The Kier molecular flexibility index (Phi) is 4.97. The van der Waals surface area contributed by atoms with Crippen LogP contribution in [0.2, 0.25) is 0 Å². The lowest BCUT2D eigenvalue weighted by atomic mass is 9.95. The molecule has 1 N–H and O–H groups in total. The number of hydrogen-bond acceptors (Lipinski definition) is 7. The van der Waals surface area contributed by atoms with Gasteiger partial charge < -0.3 is 14.8 Å². The summed E-state index contributed by atoms with van der Waals surface area (Å²) in [4.78, 5) is 20.1. The standard InChI is InChI=1S/C19H21N5O3/c1-26-16(25)11-24-19-15(10-23-24)18(21-12-22-19)20-9-14-7-8-27-17(14)13-5-3-2-4-6-13/h2-6,10,12,14,17H,7-9,11H2,1H3,(H,20,21,22). The first-order valence-corrected chi connectivity index (χ1v) is 8.90. The zero-order chi connectivity index (χ0) is 18.6. The van der Waals surface area contributed by atoms with Gasteiger partial charge in [-0.25, -0.2) is 14.6 Å². The van der Waals surface area contributed by atoms with Crippen LogP contribution in [0.4, 0.5) is 5.82 Å². The summed E-state index contributed by atoms with van der Waals surface area (Å²) in [5.74, 6) is 0.680. The van der Waals surface area contributed by atoms with Crippen molar-refractivity contribution in [3.63, 3.8) is 0 Å².